The first-order chi connectivity index (χ1) is 23.3. The number of methoxy groups -OCH3 is 1. The van der Waals surface area contributed by atoms with Gasteiger partial charge in [0.25, 0.3) is 11.4 Å². The number of anilines is 1. The fourth-order valence-corrected chi connectivity index (χ4v) is 5.39. The molecule has 1 aliphatic heterocycles. The molecule has 17 heteroatoms. The Hall–Kier alpha value is -5.45. The van der Waals surface area contributed by atoms with Gasteiger partial charge in [0, 0.05) is 25.0 Å². The predicted molar refractivity (Wildman–Crippen MR) is 165 cm³/mol. The maximum atomic E-state index is 13.7. The van der Waals surface area contributed by atoms with Crippen LogP contribution in [0, 0.1) is 5.92 Å². The van der Waals surface area contributed by atoms with Crippen LogP contribution in [0.2, 0.25) is 0 Å². The van der Waals surface area contributed by atoms with E-state index >= 15 is 0 Å². The molecular weight excluding hydrogens is 651 g/mol. The highest BCUT2D eigenvalue weighted by atomic mass is 19.4. The molecule has 1 fully saturated rings. The number of carbonyl (C=O) groups is 3. The standard InChI is InChI=1S/C32H32F3N7O7/c1-18(2)24(39-23(43)17-42-26(19-7-5-4-6-8-19)37-16-21(28(42)45)38-30(46)47-3)25(44)27-40-41-29(49-27)31(11-13-48-14-12-31)22-10-9-20(15-36-22)32(33,34)35/h4-10,15-16,18,24H,11-14,17H2,1-3H3,(H,38,46)(H,39,43)/t24-/m1/s1. The van der Waals surface area contributed by atoms with Crippen LogP contribution >= 0.6 is 0 Å². The number of alkyl halides is 3. The van der Waals surface area contributed by atoms with E-state index in [1.165, 1.54) is 6.07 Å². The molecule has 0 aliphatic carbocycles. The molecule has 0 bridgehead atoms. The number of benzene rings is 1. The van der Waals surface area contributed by atoms with Gasteiger partial charge >= 0.3 is 12.3 Å². The van der Waals surface area contributed by atoms with Crippen molar-refractivity contribution in [2.75, 3.05) is 25.6 Å². The predicted octanol–water partition coefficient (Wildman–Crippen LogP) is 4.01. The van der Waals surface area contributed by atoms with E-state index in [0.29, 0.717) is 5.56 Å². The molecule has 4 aromatic rings. The molecule has 0 spiro atoms. The monoisotopic (exact) mass is 683 g/mol. The lowest BCUT2D eigenvalue weighted by Crippen LogP contribution is -2.46. The number of ketones is 1. The normalized spacial score (nSPS) is 15.0. The summed E-state index contributed by atoms with van der Waals surface area (Å²) in [6.07, 6.45) is -3.11. The lowest BCUT2D eigenvalue weighted by molar-refractivity contribution is -0.137. The average molecular weight is 684 g/mol. The third-order valence-corrected chi connectivity index (χ3v) is 8.04. The summed E-state index contributed by atoms with van der Waals surface area (Å²) in [4.78, 5) is 60.7. The van der Waals surface area contributed by atoms with Crippen LogP contribution in [0.15, 0.2) is 64.1 Å². The summed E-state index contributed by atoms with van der Waals surface area (Å²) in [7, 11) is 1.12. The Balaban J connectivity index is 1.41. The molecule has 3 aromatic heterocycles. The van der Waals surface area contributed by atoms with Crippen LogP contribution in [-0.2, 0) is 32.4 Å². The Morgan fingerprint density at radius 1 is 1.02 bits per heavy atom. The van der Waals surface area contributed by atoms with E-state index in [9.17, 15) is 32.3 Å². The van der Waals surface area contributed by atoms with Gasteiger partial charge in [-0.05, 0) is 30.9 Å². The molecular formula is C32H32F3N7O7. The summed E-state index contributed by atoms with van der Waals surface area (Å²) in [5, 5.41) is 13.0. The molecule has 1 atom stereocenters. The van der Waals surface area contributed by atoms with Gasteiger partial charge < -0.3 is 19.2 Å². The van der Waals surface area contributed by atoms with Crippen LogP contribution in [-0.4, -0.2) is 68.9 Å². The number of hydrogen-bond acceptors (Lipinski definition) is 11. The van der Waals surface area contributed by atoms with Crippen molar-refractivity contribution < 1.29 is 41.4 Å². The molecule has 0 radical (unpaired) electrons. The summed E-state index contributed by atoms with van der Waals surface area (Å²) in [5.74, 6) is -2.28. The maximum absolute atomic E-state index is 13.7. The molecule has 0 unspecified atom stereocenters. The third kappa shape index (κ3) is 7.51. The number of rotatable bonds is 10. The molecule has 2 N–H and O–H groups in total. The number of carbonyl (C=O) groups excluding carboxylic acids is 3. The minimum Gasteiger partial charge on any atom is -0.453 e. The molecule has 49 heavy (non-hydrogen) atoms. The van der Waals surface area contributed by atoms with E-state index < -0.39 is 64.9 Å². The van der Waals surface area contributed by atoms with Crippen molar-refractivity contribution in [3.8, 4) is 11.4 Å². The smallest absolute Gasteiger partial charge is 0.417 e. The number of pyridine rings is 1. The van der Waals surface area contributed by atoms with Gasteiger partial charge in [-0.1, -0.05) is 44.2 Å². The molecule has 4 heterocycles. The average Bonchev–Trinajstić information content (AvgIpc) is 3.60. The van der Waals surface area contributed by atoms with E-state index in [2.05, 4.69) is 35.5 Å². The van der Waals surface area contributed by atoms with Crippen molar-refractivity contribution in [1.82, 2.24) is 30.0 Å². The van der Waals surface area contributed by atoms with E-state index in [4.69, 9.17) is 9.15 Å². The van der Waals surface area contributed by atoms with Crippen molar-refractivity contribution in [2.24, 2.45) is 5.92 Å². The minimum absolute atomic E-state index is 0.0275. The number of hydrogen-bond donors (Lipinski definition) is 2. The lowest BCUT2D eigenvalue weighted by Gasteiger charge is -2.33. The topological polar surface area (TPSA) is 180 Å². The van der Waals surface area contributed by atoms with Gasteiger partial charge in [-0.25, -0.2) is 9.78 Å². The van der Waals surface area contributed by atoms with E-state index in [1.807, 2.05) is 0 Å². The summed E-state index contributed by atoms with van der Waals surface area (Å²) >= 11 is 0. The summed E-state index contributed by atoms with van der Waals surface area (Å²) in [5.41, 5.74) is -2.26. The zero-order valence-electron chi connectivity index (χ0n) is 26.6. The highest BCUT2D eigenvalue weighted by Gasteiger charge is 2.44. The van der Waals surface area contributed by atoms with Crippen molar-refractivity contribution >= 4 is 23.5 Å². The van der Waals surface area contributed by atoms with Gasteiger partial charge in [0.2, 0.25) is 17.6 Å². The number of ether oxygens (including phenoxy) is 2. The maximum Gasteiger partial charge on any atom is 0.417 e. The van der Waals surface area contributed by atoms with Crippen molar-refractivity contribution in [1.29, 1.82) is 0 Å². The van der Waals surface area contributed by atoms with Crippen LogP contribution in [0.5, 0.6) is 0 Å². The summed E-state index contributed by atoms with van der Waals surface area (Å²) in [6, 6.07) is 9.54. The van der Waals surface area contributed by atoms with Gasteiger partial charge in [0.15, 0.2) is 0 Å². The summed E-state index contributed by atoms with van der Waals surface area (Å²) in [6.45, 7) is 3.23. The Labute approximate surface area is 277 Å². The second kappa shape index (κ2) is 14.3. The second-order valence-corrected chi connectivity index (χ2v) is 11.6. The van der Waals surface area contributed by atoms with Gasteiger partial charge in [0.05, 0.1) is 36.0 Å². The van der Waals surface area contributed by atoms with Crippen molar-refractivity contribution in [2.45, 2.75) is 50.9 Å². The molecule has 258 valence electrons. The first kappa shape index (κ1) is 34.9. The number of halogens is 3. The molecule has 2 amide bonds. The first-order valence-electron chi connectivity index (χ1n) is 15.1. The highest BCUT2D eigenvalue weighted by molar-refractivity contribution is 5.98. The Kier molecular flexibility index (Phi) is 10.2. The Morgan fingerprint density at radius 2 is 1.73 bits per heavy atom. The molecule has 1 saturated heterocycles. The SMILES string of the molecule is COC(=O)Nc1cnc(-c2ccccc2)n(CC(=O)N[C@@H](C(=O)c2nnc(C3(c4ccc(C(F)(F)F)cn4)CCOCC3)o2)C(C)C)c1=O. The Morgan fingerprint density at radius 3 is 2.35 bits per heavy atom. The number of nitrogens with zero attached hydrogens (tertiary/aromatic N) is 5. The first-order valence-corrected chi connectivity index (χ1v) is 15.1. The van der Waals surface area contributed by atoms with Crippen LogP contribution in [0.25, 0.3) is 11.4 Å². The number of nitrogens with one attached hydrogen (secondary N) is 2. The van der Waals surface area contributed by atoms with Crippen molar-refractivity contribution in [3.63, 3.8) is 0 Å². The van der Waals surface area contributed by atoms with Crippen LogP contribution < -0.4 is 16.2 Å². The second-order valence-electron chi connectivity index (χ2n) is 11.6. The fraction of sp³-hybridized carbons (Fsp3) is 0.375. The van der Waals surface area contributed by atoms with Gasteiger partial charge in [-0.3, -0.25) is 29.3 Å². The van der Waals surface area contributed by atoms with Gasteiger partial charge in [0.1, 0.15) is 18.1 Å². The molecule has 0 saturated carbocycles. The number of amides is 2. The zero-order chi connectivity index (χ0) is 35.3. The zero-order valence-corrected chi connectivity index (χ0v) is 26.6. The number of Topliss-reactive ketones (excluding diaryl/α,β-unsaturated/α-hetero) is 1. The van der Waals surface area contributed by atoms with Crippen LogP contribution in [0.1, 0.15) is 54.5 Å². The molecule has 1 aliphatic rings. The molecule has 14 nitrogen and oxygen atoms in total. The highest BCUT2D eigenvalue weighted by Crippen LogP contribution is 2.40. The third-order valence-electron chi connectivity index (χ3n) is 8.04. The molecule has 1 aromatic carbocycles. The molecule has 5 rings (SSSR count). The van der Waals surface area contributed by atoms with Gasteiger partial charge in [-0.2, -0.15) is 13.2 Å². The Bertz CT molecular complexity index is 1870. The number of aromatic nitrogens is 5. The largest absolute Gasteiger partial charge is 0.453 e. The lowest BCUT2D eigenvalue weighted by atomic mass is 9.76. The quantitative estimate of drug-likeness (QED) is 0.231. The summed E-state index contributed by atoms with van der Waals surface area (Å²) < 4.78 is 56.6. The van der Waals surface area contributed by atoms with Gasteiger partial charge in [-0.15, -0.1) is 10.2 Å². The van der Waals surface area contributed by atoms with E-state index in [0.717, 1.165) is 30.1 Å². The van der Waals surface area contributed by atoms with Crippen molar-refractivity contribution in [3.05, 3.63) is 88.3 Å². The minimum atomic E-state index is -4.58. The van der Waals surface area contributed by atoms with E-state index in [1.54, 1.807) is 44.2 Å². The fourth-order valence-electron chi connectivity index (χ4n) is 5.39. The van der Waals surface area contributed by atoms with Crippen LogP contribution in [0.4, 0.5) is 23.7 Å². The van der Waals surface area contributed by atoms with Crippen LogP contribution in [0.3, 0.4) is 0 Å². The van der Waals surface area contributed by atoms with E-state index in [-0.39, 0.29) is 49.2 Å².